The van der Waals surface area contributed by atoms with Gasteiger partial charge in [0.25, 0.3) is 0 Å². The van der Waals surface area contributed by atoms with E-state index in [1.807, 2.05) is 19.0 Å². The van der Waals surface area contributed by atoms with E-state index in [1.165, 1.54) is 6.42 Å². The van der Waals surface area contributed by atoms with Crippen molar-refractivity contribution in [2.24, 2.45) is 5.92 Å². The predicted molar refractivity (Wildman–Crippen MR) is 71.1 cm³/mol. The predicted octanol–water partition coefficient (Wildman–Crippen LogP) is 1.77. The second kappa shape index (κ2) is 6.84. The van der Waals surface area contributed by atoms with Crippen LogP contribution in [-0.2, 0) is 0 Å². The summed E-state index contributed by atoms with van der Waals surface area (Å²) in [5.74, 6) is 0.762. The molecular formula is C13H27N3O. The minimum absolute atomic E-state index is 0.144. The Hall–Kier alpha value is -0.770. The third kappa shape index (κ3) is 4.94. The zero-order valence-corrected chi connectivity index (χ0v) is 11.7. The number of nitrogens with one attached hydrogen (secondary N) is 1. The third-order valence-corrected chi connectivity index (χ3v) is 3.30. The summed E-state index contributed by atoms with van der Waals surface area (Å²) in [6.07, 6.45) is 3.40. The lowest BCUT2D eigenvalue weighted by atomic mass is 10.0. The van der Waals surface area contributed by atoms with E-state index in [2.05, 4.69) is 19.2 Å². The zero-order chi connectivity index (χ0) is 12.8. The zero-order valence-electron chi connectivity index (χ0n) is 11.7. The van der Waals surface area contributed by atoms with Gasteiger partial charge in [-0.25, -0.2) is 4.79 Å². The monoisotopic (exact) mass is 241 g/mol. The summed E-state index contributed by atoms with van der Waals surface area (Å²) in [4.78, 5) is 15.3. The van der Waals surface area contributed by atoms with Gasteiger partial charge in [-0.15, -0.1) is 0 Å². The summed E-state index contributed by atoms with van der Waals surface area (Å²) in [5.41, 5.74) is 0. The molecule has 1 N–H and O–H groups in total. The molecule has 1 aliphatic heterocycles. The fourth-order valence-electron chi connectivity index (χ4n) is 2.13. The van der Waals surface area contributed by atoms with Crippen LogP contribution in [0.25, 0.3) is 0 Å². The van der Waals surface area contributed by atoms with Crippen LogP contribution < -0.4 is 5.32 Å². The van der Waals surface area contributed by atoms with Gasteiger partial charge in [0.1, 0.15) is 0 Å². The molecule has 4 nitrogen and oxygen atoms in total. The van der Waals surface area contributed by atoms with Gasteiger partial charge in [-0.2, -0.15) is 0 Å². The molecule has 1 rings (SSSR count). The normalized spacial score (nSPS) is 17.6. The molecule has 0 atom stereocenters. The number of carbonyl (C=O) groups is 1. The molecule has 1 heterocycles. The second-order valence-corrected chi connectivity index (χ2v) is 5.57. The number of piperidine rings is 1. The van der Waals surface area contributed by atoms with Gasteiger partial charge < -0.3 is 15.1 Å². The molecule has 0 saturated carbocycles. The van der Waals surface area contributed by atoms with Crippen molar-refractivity contribution in [1.29, 1.82) is 0 Å². The Morgan fingerprint density at radius 2 is 1.94 bits per heavy atom. The lowest BCUT2D eigenvalue weighted by Crippen LogP contribution is -2.48. The molecule has 4 heteroatoms. The van der Waals surface area contributed by atoms with Gasteiger partial charge in [-0.05, 0) is 31.7 Å². The van der Waals surface area contributed by atoms with Crippen molar-refractivity contribution in [3.63, 3.8) is 0 Å². The van der Waals surface area contributed by atoms with Gasteiger partial charge in [0.2, 0.25) is 0 Å². The highest BCUT2D eigenvalue weighted by Gasteiger charge is 2.23. The molecule has 0 aliphatic carbocycles. The molecule has 0 bridgehead atoms. The highest BCUT2D eigenvalue weighted by atomic mass is 16.2. The Morgan fingerprint density at radius 3 is 2.41 bits per heavy atom. The van der Waals surface area contributed by atoms with Crippen LogP contribution in [0.3, 0.4) is 0 Å². The molecule has 1 fully saturated rings. The SMILES string of the molecule is CC(C)CCNC1CCN(C(=O)N(C)C)CC1. The number of amides is 2. The van der Waals surface area contributed by atoms with Crippen molar-refractivity contribution in [2.75, 3.05) is 33.7 Å². The number of likely N-dealkylation sites (tertiary alicyclic amines) is 1. The van der Waals surface area contributed by atoms with Crippen LogP contribution in [0.2, 0.25) is 0 Å². The average molecular weight is 241 g/mol. The first-order chi connectivity index (χ1) is 8.00. The van der Waals surface area contributed by atoms with Crippen molar-refractivity contribution in [2.45, 2.75) is 39.2 Å². The van der Waals surface area contributed by atoms with Crippen LogP contribution in [0.4, 0.5) is 4.79 Å². The van der Waals surface area contributed by atoms with E-state index in [0.29, 0.717) is 6.04 Å². The molecule has 0 aromatic heterocycles. The maximum Gasteiger partial charge on any atom is 0.319 e. The fraction of sp³-hybridized carbons (Fsp3) is 0.923. The fourth-order valence-corrected chi connectivity index (χ4v) is 2.13. The van der Waals surface area contributed by atoms with Gasteiger partial charge in [-0.1, -0.05) is 13.8 Å². The minimum Gasteiger partial charge on any atom is -0.331 e. The van der Waals surface area contributed by atoms with Crippen molar-refractivity contribution in [3.05, 3.63) is 0 Å². The van der Waals surface area contributed by atoms with Crippen LogP contribution in [0, 0.1) is 5.92 Å². The number of rotatable bonds is 4. The third-order valence-electron chi connectivity index (χ3n) is 3.30. The largest absolute Gasteiger partial charge is 0.331 e. The van der Waals surface area contributed by atoms with Crippen molar-refractivity contribution >= 4 is 6.03 Å². The standard InChI is InChI=1S/C13H27N3O/c1-11(2)5-8-14-12-6-9-16(10-7-12)13(17)15(3)4/h11-12,14H,5-10H2,1-4H3. The van der Waals surface area contributed by atoms with E-state index >= 15 is 0 Å². The van der Waals surface area contributed by atoms with Crippen LogP contribution in [0.1, 0.15) is 33.1 Å². The Kier molecular flexibility index (Phi) is 5.75. The van der Waals surface area contributed by atoms with Gasteiger partial charge >= 0.3 is 6.03 Å². The Labute approximate surface area is 105 Å². The topological polar surface area (TPSA) is 35.6 Å². The van der Waals surface area contributed by atoms with E-state index in [9.17, 15) is 4.79 Å². The smallest absolute Gasteiger partial charge is 0.319 e. The Morgan fingerprint density at radius 1 is 1.35 bits per heavy atom. The molecule has 0 aromatic carbocycles. The first-order valence-electron chi connectivity index (χ1n) is 6.70. The number of hydrogen-bond donors (Lipinski definition) is 1. The molecule has 1 aliphatic rings. The highest BCUT2D eigenvalue weighted by molar-refractivity contribution is 5.73. The lowest BCUT2D eigenvalue weighted by molar-refractivity contribution is 0.152. The number of nitrogens with zero attached hydrogens (tertiary/aromatic N) is 2. The Bertz CT molecular complexity index is 233. The quantitative estimate of drug-likeness (QED) is 0.814. The van der Waals surface area contributed by atoms with Gasteiger partial charge in [0.15, 0.2) is 0 Å². The molecule has 0 spiro atoms. The van der Waals surface area contributed by atoms with Crippen molar-refractivity contribution in [3.8, 4) is 0 Å². The van der Waals surface area contributed by atoms with E-state index in [-0.39, 0.29) is 6.03 Å². The van der Waals surface area contributed by atoms with Crippen LogP contribution in [0.5, 0.6) is 0 Å². The first kappa shape index (κ1) is 14.3. The molecule has 0 radical (unpaired) electrons. The van der Waals surface area contributed by atoms with E-state index < -0.39 is 0 Å². The van der Waals surface area contributed by atoms with E-state index in [0.717, 1.165) is 38.4 Å². The van der Waals surface area contributed by atoms with Gasteiger partial charge in [0.05, 0.1) is 0 Å². The molecule has 1 saturated heterocycles. The number of hydrogen-bond acceptors (Lipinski definition) is 2. The number of carbonyl (C=O) groups excluding carboxylic acids is 1. The molecule has 17 heavy (non-hydrogen) atoms. The molecule has 0 unspecified atom stereocenters. The summed E-state index contributed by atoms with van der Waals surface area (Å²) >= 11 is 0. The van der Waals surface area contributed by atoms with Crippen molar-refractivity contribution < 1.29 is 4.79 Å². The highest BCUT2D eigenvalue weighted by Crippen LogP contribution is 2.12. The summed E-state index contributed by atoms with van der Waals surface area (Å²) in [7, 11) is 3.63. The van der Waals surface area contributed by atoms with Crippen LogP contribution in [-0.4, -0.2) is 55.6 Å². The summed E-state index contributed by atoms with van der Waals surface area (Å²) < 4.78 is 0. The molecule has 100 valence electrons. The van der Waals surface area contributed by atoms with Gasteiger partial charge in [0, 0.05) is 33.2 Å². The molecule has 2 amide bonds. The lowest BCUT2D eigenvalue weighted by Gasteiger charge is -2.34. The second-order valence-electron chi connectivity index (χ2n) is 5.57. The molecule has 0 aromatic rings. The van der Waals surface area contributed by atoms with Crippen LogP contribution >= 0.6 is 0 Å². The number of urea groups is 1. The maximum absolute atomic E-state index is 11.7. The first-order valence-corrected chi connectivity index (χ1v) is 6.70. The van der Waals surface area contributed by atoms with Gasteiger partial charge in [-0.3, -0.25) is 0 Å². The minimum atomic E-state index is 0.144. The van der Waals surface area contributed by atoms with Crippen LogP contribution in [0.15, 0.2) is 0 Å². The summed E-state index contributed by atoms with van der Waals surface area (Å²) in [6, 6.07) is 0.741. The Balaban J connectivity index is 2.19. The molecular weight excluding hydrogens is 214 g/mol. The van der Waals surface area contributed by atoms with E-state index in [4.69, 9.17) is 0 Å². The van der Waals surface area contributed by atoms with Crippen molar-refractivity contribution in [1.82, 2.24) is 15.1 Å². The summed E-state index contributed by atoms with van der Waals surface area (Å²) in [6.45, 7) is 7.37. The maximum atomic E-state index is 11.7. The average Bonchev–Trinajstić information content (AvgIpc) is 2.28. The summed E-state index contributed by atoms with van der Waals surface area (Å²) in [5, 5.41) is 3.59. The van der Waals surface area contributed by atoms with E-state index in [1.54, 1.807) is 4.90 Å².